The fourth-order valence-corrected chi connectivity index (χ4v) is 2.56. The molecule has 2 N–H and O–H groups in total. The maximum atomic E-state index is 6.09. The van der Waals surface area contributed by atoms with Crippen LogP contribution < -0.4 is 10.6 Å². The van der Waals surface area contributed by atoms with Crippen LogP contribution in [-0.2, 0) is 5.41 Å². The molecule has 2 rings (SSSR count). The van der Waals surface area contributed by atoms with Crippen LogP contribution in [0.1, 0.15) is 19.4 Å². The van der Waals surface area contributed by atoms with Crippen molar-refractivity contribution >= 4 is 5.69 Å². The van der Waals surface area contributed by atoms with Gasteiger partial charge in [0.2, 0.25) is 0 Å². The monoisotopic (exact) mass is 268 g/mol. The molecule has 0 radical (unpaired) electrons. The second kappa shape index (κ2) is 6.58. The molecule has 1 unspecified atom stereocenters. The summed E-state index contributed by atoms with van der Waals surface area (Å²) < 4.78 is 0. The fourth-order valence-electron chi connectivity index (χ4n) is 2.56. The van der Waals surface area contributed by atoms with E-state index in [1.165, 1.54) is 11.3 Å². The van der Waals surface area contributed by atoms with E-state index in [0.29, 0.717) is 6.54 Å². The zero-order chi connectivity index (χ0) is 14.4. The predicted octanol–water partition coefficient (Wildman–Crippen LogP) is 3.43. The minimum atomic E-state index is -0.0346. The third-order valence-electron chi connectivity index (χ3n) is 3.96. The summed E-state index contributed by atoms with van der Waals surface area (Å²) in [6.45, 7) is 6.98. The highest BCUT2D eigenvalue weighted by molar-refractivity contribution is 5.47. The van der Waals surface area contributed by atoms with Crippen molar-refractivity contribution in [2.24, 2.45) is 5.73 Å². The molecule has 0 fully saturated rings. The number of nitrogens with zero attached hydrogens (tertiary/aromatic N) is 1. The van der Waals surface area contributed by atoms with Crippen LogP contribution in [0.2, 0.25) is 0 Å². The van der Waals surface area contributed by atoms with Crippen LogP contribution in [0.3, 0.4) is 0 Å². The molecule has 0 saturated carbocycles. The van der Waals surface area contributed by atoms with Crippen molar-refractivity contribution in [2.75, 3.05) is 24.5 Å². The van der Waals surface area contributed by atoms with E-state index >= 15 is 0 Å². The van der Waals surface area contributed by atoms with Gasteiger partial charge in [0.25, 0.3) is 0 Å². The van der Waals surface area contributed by atoms with Gasteiger partial charge in [-0.1, -0.05) is 55.5 Å². The average Bonchev–Trinajstić information content (AvgIpc) is 2.54. The molecule has 2 nitrogen and oxygen atoms in total. The molecule has 0 aliphatic heterocycles. The third kappa shape index (κ3) is 3.20. The molecule has 0 aromatic heterocycles. The van der Waals surface area contributed by atoms with E-state index in [-0.39, 0.29) is 5.41 Å². The summed E-state index contributed by atoms with van der Waals surface area (Å²) in [5, 5.41) is 0. The van der Waals surface area contributed by atoms with Crippen LogP contribution >= 0.6 is 0 Å². The number of nitrogens with two attached hydrogens (primary N) is 1. The summed E-state index contributed by atoms with van der Waals surface area (Å²) in [6.07, 6.45) is 0. The Kier molecular flexibility index (Phi) is 4.80. The predicted molar refractivity (Wildman–Crippen MR) is 87.2 cm³/mol. The van der Waals surface area contributed by atoms with Gasteiger partial charge in [-0.05, 0) is 24.6 Å². The number of rotatable bonds is 6. The molecule has 0 aliphatic rings. The van der Waals surface area contributed by atoms with Gasteiger partial charge in [-0.2, -0.15) is 0 Å². The Labute approximate surface area is 122 Å². The summed E-state index contributed by atoms with van der Waals surface area (Å²) in [4.78, 5) is 2.39. The Balaban J connectivity index is 2.24. The molecule has 0 bridgehead atoms. The van der Waals surface area contributed by atoms with E-state index in [0.717, 1.165) is 13.1 Å². The zero-order valence-electron chi connectivity index (χ0n) is 12.4. The van der Waals surface area contributed by atoms with Crippen LogP contribution in [0.15, 0.2) is 60.7 Å². The van der Waals surface area contributed by atoms with Crippen LogP contribution in [0.5, 0.6) is 0 Å². The Morgan fingerprint density at radius 1 is 0.950 bits per heavy atom. The maximum Gasteiger partial charge on any atom is 0.0366 e. The highest BCUT2D eigenvalue weighted by Gasteiger charge is 2.27. The molecule has 2 aromatic rings. The van der Waals surface area contributed by atoms with Gasteiger partial charge in [0.15, 0.2) is 0 Å². The average molecular weight is 268 g/mol. The van der Waals surface area contributed by atoms with Gasteiger partial charge < -0.3 is 10.6 Å². The smallest absolute Gasteiger partial charge is 0.0366 e. The number of hydrogen-bond donors (Lipinski definition) is 1. The van der Waals surface area contributed by atoms with Gasteiger partial charge in [-0.25, -0.2) is 0 Å². The molecule has 0 amide bonds. The molecule has 20 heavy (non-hydrogen) atoms. The molecule has 0 aliphatic carbocycles. The van der Waals surface area contributed by atoms with E-state index in [1.54, 1.807) is 0 Å². The van der Waals surface area contributed by atoms with Gasteiger partial charge in [0, 0.05) is 30.7 Å². The van der Waals surface area contributed by atoms with Gasteiger partial charge in [0.1, 0.15) is 0 Å². The first-order valence-electron chi connectivity index (χ1n) is 7.25. The lowest BCUT2D eigenvalue weighted by Gasteiger charge is -2.36. The lowest BCUT2D eigenvalue weighted by atomic mass is 9.82. The van der Waals surface area contributed by atoms with Gasteiger partial charge in [0.05, 0.1) is 0 Å². The zero-order valence-corrected chi connectivity index (χ0v) is 12.4. The van der Waals surface area contributed by atoms with Crippen molar-refractivity contribution in [1.29, 1.82) is 0 Å². The lowest BCUT2D eigenvalue weighted by Crippen LogP contribution is -2.44. The second-order valence-corrected chi connectivity index (χ2v) is 5.48. The summed E-state index contributed by atoms with van der Waals surface area (Å²) >= 11 is 0. The topological polar surface area (TPSA) is 29.3 Å². The van der Waals surface area contributed by atoms with Gasteiger partial charge in [-0.15, -0.1) is 0 Å². The third-order valence-corrected chi connectivity index (χ3v) is 3.96. The van der Waals surface area contributed by atoms with E-state index in [4.69, 9.17) is 5.73 Å². The number of benzene rings is 2. The van der Waals surface area contributed by atoms with Crippen molar-refractivity contribution in [2.45, 2.75) is 19.3 Å². The molecule has 106 valence electrons. The summed E-state index contributed by atoms with van der Waals surface area (Å²) in [6, 6.07) is 21.1. The van der Waals surface area contributed by atoms with Crippen LogP contribution in [-0.4, -0.2) is 19.6 Å². The molecule has 0 saturated heterocycles. The molecule has 2 heteroatoms. The molecule has 0 spiro atoms. The first kappa shape index (κ1) is 14.6. The van der Waals surface area contributed by atoms with E-state index in [1.807, 2.05) is 0 Å². The quantitative estimate of drug-likeness (QED) is 0.869. The summed E-state index contributed by atoms with van der Waals surface area (Å²) in [5.41, 5.74) is 8.62. The van der Waals surface area contributed by atoms with E-state index in [9.17, 15) is 0 Å². The van der Waals surface area contributed by atoms with Crippen molar-refractivity contribution in [1.82, 2.24) is 0 Å². The largest absolute Gasteiger partial charge is 0.371 e. The van der Waals surface area contributed by atoms with Crippen molar-refractivity contribution in [3.05, 3.63) is 66.2 Å². The van der Waals surface area contributed by atoms with Crippen molar-refractivity contribution < 1.29 is 0 Å². The maximum absolute atomic E-state index is 6.09. The number of hydrogen-bond acceptors (Lipinski definition) is 2. The van der Waals surface area contributed by atoms with Gasteiger partial charge in [-0.3, -0.25) is 0 Å². The van der Waals surface area contributed by atoms with Crippen LogP contribution in [0.25, 0.3) is 0 Å². The molecule has 0 heterocycles. The first-order chi connectivity index (χ1) is 9.69. The van der Waals surface area contributed by atoms with E-state index < -0.39 is 0 Å². The minimum absolute atomic E-state index is 0.0346. The molecular formula is C18H24N2. The Hall–Kier alpha value is -1.80. The highest BCUT2D eigenvalue weighted by Crippen LogP contribution is 2.26. The number of para-hydroxylation sites is 1. The first-order valence-corrected chi connectivity index (χ1v) is 7.25. The SMILES string of the molecule is CCN(CC(C)(CN)c1ccccc1)c1ccccc1. The van der Waals surface area contributed by atoms with Crippen LogP contribution in [0.4, 0.5) is 5.69 Å². The Morgan fingerprint density at radius 2 is 1.50 bits per heavy atom. The minimum Gasteiger partial charge on any atom is -0.371 e. The Morgan fingerprint density at radius 3 is 2.00 bits per heavy atom. The molecular weight excluding hydrogens is 244 g/mol. The number of anilines is 1. The normalized spacial score (nSPS) is 13.8. The molecule has 2 aromatic carbocycles. The number of likely N-dealkylation sites (N-methyl/N-ethyl adjacent to an activating group) is 1. The van der Waals surface area contributed by atoms with Gasteiger partial charge >= 0.3 is 0 Å². The summed E-state index contributed by atoms with van der Waals surface area (Å²) in [7, 11) is 0. The molecule has 1 atom stereocenters. The fraction of sp³-hybridized carbons (Fsp3) is 0.333. The van der Waals surface area contributed by atoms with Crippen molar-refractivity contribution in [3.8, 4) is 0 Å². The highest BCUT2D eigenvalue weighted by atomic mass is 15.1. The standard InChI is InChI=1S/C18H24N2/c1-3-20(17-12-8-5-9-13-17)15-18(2,14-19)16-10-6-4-7-11-16/h4-13H,3,14-15,19H2,1-2H3. The Bertz CT molecular complexity index is 509. The summed E-state index contributed by atoms with van der Waals surface area (Å²) in [5.74, 6) is 0. The van der Waals surface area contributed by atoms with E-state index in [2.05, 4.69) is 79.4 Å². The van der Waals surface area contributed by atoms with Crippen LogP contribution in [0, 0.1) is 0 Å². The lowest BCUT2D eigenvalue weighted by molar-refractivity contribution is 0.477. The van der Waals surface area contributed by atoms with Crippen molar-refractivity contribution in [3.63, 3.8) is 0 Å². The second-order valence-electron chi connectivity index (χ2n) is 5.48.